The van der Waals surface area contributed by atoms with Gasteiger partial charge in [0.15, 0.2) is 5.78 Å². The molecular weight excluding hydrogens is 340 g/mol. The minimum atomic E-state index is -3.82. The summed E-state index contributed by atoms with van der Waals surface area (Å²) in [7, 11) is -3.82. The van der Waals surface area contributed by atoms with Crippen LogP contribution >= 0.6 is 0 Å². The zero-order chi connectivity index (χ0) is 18.4. The van der Waals surface area contributed by atoms with Crippen molar-refractivity contribution in [1.29, 1.82) is 0 Å². The van der Waals surface area contributed by atoms with Crippen molar-refractivity contribution >= 4 is 21.7 Å². The highest BCUT2D eigenvalue weighted by Gasteiger charge is 2.24. The predicted octanol–water partition coefficient (Wildman–Crippen LogP) is 2.39. The fraction of sp³-hybridized carbons (Fsp3) is 0.556. The van der Waals surface area contributed by atoms with Crippen LogP contribution in [0.5, 0.6) is 0 Å². The molecule has 0 heterocycles. The van der Waals surface area contributed by atoms with E-state index in [9.17, 15) is 18.0 Å². The van der Waals surface area contributed by atoms with Gasteiger partial charge in [0.25, 0.3) is 0 Å². The van der Waals surface area contributed by atoms with Crippen molar-refractivity contribution < 1.29 is 18.0 Å². The third-order valence-electron chi connectivity index (χ3n) is 4.50. The fourth-order valence-corrected chi connectivity index (χ4v) is 4.18. The monoisotopic (exact) mass is 366 g/mol. The highest BCUT2D eigenvalue weighted by atomic mass is 32.2. The van der Waals surface area contributed by atoms with Crippen LogP contribution in [0.4, 0.5) is 0 Å². The van der Waals surface area contributed by atoms with E-state index in [1.54, 1.807) is 0 Å². The number of amides is 1. The van der Waals surface area contributed by atoms with Gasteiger partial charge >= 0.3 is 0 Å². The molecule has 138 valence electrons. The lowest BCUT2D eigenvalue weighted by Gasteiger charge is -2.20. The molecule has 25 heavy (non-hydrogen) atoms. The maximum Gasteiger partial charge on any atom is 0.241 e. The maximum atomic E-state index is 12.4. The van der Waals surface area contributed by atoms with E-state index in [1.807, 2.05) is 0 Å². The summed E-state index contributed by atoms with van der Waals surface area (Å²) in [5, 5.41) is 2.95. The second-order valence-electron chi connectivity index (χ2n) is 6.62. The number of carbonyl (C=O) groups excluding carboxylic acids is 2. The summed E-state index contributed by atoms with van der Waals surface area (Å²) in [5.41, 5.74) is 0.443. The summed E-state index contributed by atoms with van der Waals surface area (Å²) in [5.74, 6) is -0.441. The van der Waals surface area contributed by atoms with E-state index in [0.29, 0.717) is 5.56 Å². The molecule has 1 aromatic carbocycles. The van der Waals surface area contributed by atoms with E-state index < -0.39 is 16.1 Å². The third kappa shape index (κ3) is 5.64. The van der Waals surface area contributed by atoms with Crippen molar-refractivity contribution in [2.24, 2.45) is 0 Å². The van der Waals surface area contributed by atoms with Crippen molar-refractivity contribution in [1.82, 2.24) is 10.0 Å². The van der Waals surface area contributed by atoms with Gasteiger partial charge in [-0.05, 0) is 38.8 Å². The molecule has 0 bridgehead atoms. The molecule has 6 nitrogen and oxygen atoms in total. The minimum Gasteiger partial charge on any atom is -0.352 e. The number of ketones is 1. The molecule has 0 radical (unpaired) electrons. The number of carbonyl (C=O) groups is 2. The highest BCUT2D eigenvalue weighted by Crippen LogP contribution is 2.17. The Bertz CT molecular complexity index is 705. The Kier molecular flexibility index (Phi) is 6.72. The summed E-state index contributed by atoms with van der Waals surface area (Å²) in [4.78, 5) is 23.6. The second-order valence-corrected chi connectivity index (χ2v) is 8.33. The van der Waals surface area contributed by atoms with Crippen LogP contribution in [-0.4, -0.2) is 32.2 Å². The van der Waals surface area contributed by atoms with E-state index >= 15 is 0 Å². The summed E-state index contributed by atoms with van der Waals surface area (Å²) in [6.07, 6.45) is 6.44. The van der Waals surface area contributed by atoms with Crippen molar-refractivity contribution in [2.75, 3.05) is 0 Å². The van der Waals surface area contributed by atoms with Crippen LogP contribution in [0.2, 0.25) is 0 Å². The van der Waals surface area contributed by atoms with Crippen LogP contribution in [-0.2, 0) is 14.8 Å². The first-order valence-electron chi connectivity index (χ1n) is 8.73. The summed E-state index contributed by atoms with van der Waals surface area (Å²) >= 11 is 0. The van der Waals surface area contributed by atoms with Crippen LogP contribution in [0.3, 0.4) is 0 Å². The molecule has 1 amide bonds. The third-order valence-corrected chi connectivity index (χ3v) is 6.05. The molecule has 2 rings (SSSR count). The molecular formula is C18H26N2O4S. The van der Waals surface area contributed by atoms with Crippen LogP contribution in [0, 0.1) is 0 Å². The van der Waals surface area contributed by atoms with E-state index in [2.05, 4.69) is 10.0 Å². The molecule has 0 saturated heterocycles. The number of benzene rings is 1. The predicted molar refractivity (Wildman–Crippen MR) is 95.9 cm³/mol. The average Bonchev–Trinajstić information content (AvgIpc) is 2.83. The van der Waals surface area contributed by atoms with Gasteiger partial charge in [-0.1, -0.05) is 37.8 Å². The molecule has 0 spiro atoms. The van der Waals surface area contributed by atoms with Crippen molar-refractivity contribution in [3.8, 4) is 0 Å². The Morgan fingerprint density at radius 3 is 2.12 bits per heavy atom. The molecule has 1 aliphatic carbocycles. The van der Waals surface area contributed by atoms with Gasteiger partial charge in [-0.3, -0.25) is 9.59 Å². The molecule has 7 heteroatoms. The Morgan fingerprint density at radius 2 is 1.60 bits per heavy atom. The lowest BCUT2D eigenvalue weighted by Crippen LogP contribution is -2.47. The fourth-order valence-electron chi connectivity index (χ4n) is 2.97. The van der Waals surface area contributed by atoms with Crippen LogP contribution in [0.1, 0.15) is 62.7 Å². The molecule has 0 unspecified atom stereocenters. The van der Waals surface area contributed by atoms with Gasteiger partial charge in [0, 0.05) is 11.6 Å². The number of hydrogen-bond acceptors (Lipinski definition) is 4. The van der Waals surface area contributed by atoms with E-state index in [1.165, 1.54) is 51.0 Å². The quantitative estimate of drug-likeness (QED) is 0.597. The Morgan fingerprint density at radius 1 is 1.04 bits per heavy atom. The first-order valence-corrected chi connectivity index (χ1v) is 10.2. The average molecular weight is 366 g/mol. The topological polar surface area (TPSA) is 92.3 Å². The summed E-state index contributed by atoms with van der Waals surface area (Å²) in [6.45, 7) is 2.95. The number of rotatable bonds is 6. The molecule has 1 aromatic rings. The van der Waals surface area contributed by atoms with Crippen molar-refractivity contribution in [3.63, 3.8) is 0 Å². The Hall–Kier alpha value is -1.73. The number of sulfonamides is 1. The van der Waals surface area contributed by atoms with Crippen molar-refractivity contribution in [3.05, 3.63) is 29.8 Å². The molecule has 1 saturated carbocycles. The van der Waals surface area contributed by atoms with Gasteiger partial charge in [0.2, 0.25) is 15.9 Å². The number of nitrogens with one attached hydrogen (secondary N) is 2. The van der Waals surface area contributed by atoms with Gasteiger partial charge in [-0.15, -0.1) is 0 Å². The summed E-state index contributed by atoms with van der Waals surface area (Å²) in [6, 6.07) is 4.93. The standard InChI is InChI=1S/C18H26N2O4S/c1-13(18(22)19-16-7-5-3-4-6-8-16)20-25(23,24)17-11-9-15(10-12-17)14(2)21/h9-13,16,20H,3-8H2,1-2H3,(H,19,22)/t13-/m0/s1. The Labute approximate surface area is 149 Å². The van der Waals surface area contributed by atoms with Crippen LogP contribution < -0.4 is 10.0 Å². The van der Waals surface area contributed by atoms with E-state index in [0.717, 1.165) is 25.7 Å². The minimum absolute atomic E-state index is 0.0339. The van der Waals surface area contributed by atoms with Gasteiger partial charge < -0.3 is 5.32 Å². The summed E-state index contributed by atoms with van der Waals surface area (Å²) < 4.78 is 27.2. The SMILES string of the molecule is CC(=O)c1ccc(S(=O)(=O)N[C@@H](C)C(=O)NC2CCCCCC2)cc1. The van der Waals surface area contributed by atoms with E-state index in [4.69, 9.17) is 0 Å². The van der Waals surface area contributed by atoms with Gasteiger partial charge in [-0.2, -0.15) is 4.72 Å². The lowest BCUT2D eigenvalue weighted by atomic mass is 10.1. The number of Topliss-reactive ketones (excluding diaryl/α,β-unsaturated/α-hetero) is 1. The van der Waals surface area contributed by atoms with Gasteiger partial charge in [0.05, 0.1) is 10.9 Å². The lowest BCUT2D eigenvalue weighted by molar-refractivity contribution is -0.123. The van der Waals surface area contributed by atoms with Crippen LogP contribution in [0.25, 0.3) is 0 Å². The van der Waals surface area contributed by atoms with Gasteiger partial charge in [0.1, 0.15) is 0 Å². The highest BCUT2D eigenvalue weighted by molar-refractivity contribution is 7.89. The second kappa shape index (κ2) is 8.58. The van der Waals surface area contributed by atoms with Crippen molar-refractivity contribution in [2.45, 2.75) is 69.4 Å². The van der Waals surface area contributed by atoms with Gasteiger partial charge in [-0.25, -0.2) is 8.42 Å². The largest absolute Gasteiger partial charge is 0.352 e. The zero-order valence-electron chi connectivity index (χ0n) is 14.7. The Balaban J connectivity index is 1.98. The molecule has 1 aliphatic rings. The smallest absolute Gasteiger partial charge is 0.241 e. The molecule has 1 fully saturated rings. The molecule has 0 aliphatic heterocycles. The zero-order valence-corrected chi connectivity index (χ0v) is 15.6. The van der Waals surface area contributed by atoms with E-state index in [-0.39, 0.29) is 22.6 Å². The first-order chi connectivity index (χ1) is 11.8. The number of hydrogen-bond donors (Lipinski definition) is 2. The maximum absolute atomic E-state index is 12.4. The first kappa shape index (κ1) is 19.6. The normalized spacial score (nSPS) is 17.5. The molecule has 0 aromatic heterocycles. The molecule has 1 atom stereocenters. The molecule has 2 N–H and O–H groups in total. The van der Waals surface area contributed by atoms with Crippen LogP contribution in [0.15, 0.2) is 29.2 Å².